The maximum Gasteiger partial charge on any atom is 0.225 e. The highest BCUT2D eigenvalue weighted by atomic mass is 32.2. The van der Waals surface area contributed by atoms with Crippen molar-refractivity contribution in [3.8, 4) is 0 Å². The second kappa shape index (κ2) is 6.97. The molecule has 0 aliphatic carbocycles. The van der Waals surface area contributed by atoms with Crippen molar-refractivity contribution in [2.75, 3.05) is 21.1 Å². The first-order valence-corrected chi connectivity index (χ1v) is 7.92. The van der Waals surface area contributed by atoms with Gasteiger partial charge in [-0.1, -0.05) is 30.3 Å². The fourth-order valence-corrected chi connectivity index (χ4v) is 2.93. The Kier molecular flexibility index (Phi) is 5.23. The fourth-order valence-electron chi connectivity index (χ4n) is 2.13. The van der Waals surface area contributed by atoms with E-state index in [4.69, 9.17) is 0 Å². The van der Waals surface area contributed by atoms with Gasteiger partial charge < -0.3 is 19.4 Å². The molecule has 0 aliphatic rings. The summed E-state index contributed by atoms with van der Waals surface area (Å²) < 4.78 is 0.220. The van der Waals surface area contributed by atoms with Gasteiger partial charge in [0.15, 0.2) is 0 Å². The summed E-state index contributed by atoms with van der Waals surface area (Å²) in [5, 5.41) is 11.8. The zero-order chi connectivity index (χ0) is 17.0. The molecule has 1 aromatic carbocycles. The zero-order valence-electron chi connectivity index (χ0n) is 13.3. The Balaban J connectivity index is 2.16. The molecule has 1 aromatic heterocycles. The van der Waals surface area contributed by atoms with Gasteiger partial charge in [-0.15, -0.1) is 0 Å². The van der Waals surface area contributed by atoms with Crippen molar-refractivity contribution in [3.63, 3.8) is 0 Å². The summed E-state index contributed by atoms with van der Waals surface area (Å²) in [4.78, 5) is 30.7. The van der Waals surface area contributed by atoms with Gasteiger partial charge in [0, 0.05) is 12.0 Å². The Morgan fingerprint density at radius 3 is 2.48 bits per heavy atom. The van der Waals surface area contributed by atoms with E-state index in [1.807, 2.05) is 6.07 Å². The highest BCUT2D eigenvalue weighted by Crippen LogP contribution is 2.25. The molecule has 1 heterocycles. The van der Waals surface area contributed by atoms with Crippen LogP contribution in [-0.4, -0.2) is 52.7 Å². The van der Waals surface area contributed by atoms with Crippen LogP contribution < -0.4 is 5.11 Å². The number of carbonyl (C=O) groups is 2. The first-order chi connectivity index (χ1) is 10.8. The molecule has 0 radical (unpaired) electrons. The van der Waals surface area contributed by atoms with Crippen LogP contribution in [-0.2, 0) is 11.2 Å². The minimum absolute atomic E-state index is 0.130. The van der Waals surface area contributed by atoms with E-state index < -0.39 is 12.0 Å². The van der Waals surface area contributed by atoms with Crippen LogP contribution >= 0.6 is 11.8 Å². The van der Waals surface area contributed by atoms with Gasteiger partial charge in [0.25, 0.3) is 0 Å². The standard InChI is InChI=1S/C16H19N3O3S/c1-19(2,3)13(15(20)21)9-12-14(18-10-17-12)23-16(22)11-7-5-4-6-8-11/h4-8,10,13H,9H2,1-3H3,(H-,17,18,20,21)/t13-/m0/s1. The number of carboxylic acids is 1. The van der Waals surface area contributed by atoms with Crippen LogP contribution in [0.25, 0.3) is 0 Å². The molecule has 0 amide bonds. The van der Waals surface area contributed by atoms with Crippen molar-refractivity contribution in [3.05, 3.63) is 47.9 Å². The summed E-state index contributed by atoms with van der Waals surface area (Å²) in [5.74, 6) is -1.13. The third-order valence-electron chi connectivity index (χ3n) is 3.48. The van der Waals surface area contributed by atoms with E-state index in [1.54, 1.807) is 45.4 Å². The molecule has 2 rings (SSSR count). The molecule has 0 fully saturated rings. The van der Waals surface area contributed by atoms with Crippen LogP contribution in [0, 0.1) is 0 Å². The SMILES string of the molecule is C[N+](C)(C)[C@@H](Cc1[nH]cnc1SC(=O)c1ccccc1)C(=O)[O-]. The van der Waals surface area contributed by atoms with Crippen molar-refractivity contribution in [2.24, 2.45) is 0 Å². The van der Waals surface area contributed by atoms with E-state index in [2.05, 4.69) is 9.97 Å². The second-order valence-corrected chi connectivity index (χ2v) is 7.06. The van der Waals surface area contributed by atoms with Gasteiger partial charge in [-0.2, -0.15) is 0 Å². The topological polar surface area (TPSA) is 85.9 Å². The third-order valence-corrected chi connectivity index (χ3v) is 4.45. The van der Waals surface area contributed by atoms with Gasteiger partial charge in [0.1, 0.15) is 11.1 Å². The van der Waals surface area contributed by atoms with Crippen LogP contribution in [0.15, 0.2) is 41.7 Å². The minimum Gasteiger partial charge on any atom is -0.544 e. The molecule has 122 valence electrons. The number of nitrogens with zero attached hydrogens (tertiary/aromatic N) is 2. The zero-order valence-corrected chi connectivity index (χ0v) is 14.1. The lowest BCUT2D eigenvalue weighted by molar-refractivity contribution is -0.889. The maximum atomic E-state index is 12.3. The maximum absolute atomic E-state index is 12.3. The van der Waals surface area contributed by atoms with Gasteiger partial charge in [-0.3, -0.25) is 4.79 Å². The molecule has 2 aromatic rings. The average molecular weight is 333 g/mol. The lowest BCUT2D eigenvalue weighted by Gasteiger charge is -2.34. The van der Waals surface area contributed by atoms with Crippen LogP contribution in [0.1, 0.15) is 16.1 Å². The monoisotopic (exact) mass is 333 g/mol. The normalized spacial score (nSPS) is 12.8. The van der Waals surface area contributed by atoms with Crippen LogP contribution in [0.2, 0.25) is 0 Å². The molecule has 1 atom stereocenters. The molecule has 0 aliphatic heterocycles. The number of likely N-dealkylation sites (N-methyl/N-ethyl adjacent to an activating group) is 1. The number of hydrogen-bond acceptors (Lipinski definition) is 5. The Hall–Kier alpha value is -2.12. The number of carboxylic acid groups (broad SMARTS) is 1. The van der Waals surface area contributed by atoms with Crippen molar-refractivity contribution in [1.29, 1.82) is 0 Å². The molecule has 0 unspecified atom stereocenters. The van der Waals surface area contributed by atoms with E-state index in [-0.39, 0.29) is 16.0 Å². The summed E-state index contributed by atoms with van der Waals surface area (Å²) >= 11 is 0.993. The predicted molar refractivity (Wildman–Crippen MR) is 85.7 cm³/mol. The van der Waals surface area contributed by atoms with Crippen LogP contribution in [0.3, 0.4) is 0 Å². The number of thioether (sulfide) groups is 1. The Morgan fingerprint density at radius 1 is 1.26 bits per heavy atom. The first-order valence-electron chi connectivity index (χ1n) is 7.10. The molecule has 0 saturated heterocycles. The van der Waals surface area contributed by atoms with Crippen molar-refractivity contribution >= 4 is 22.8 Å². The third kappa shape index (κ3) is 4.43. The van der Waals surface area contributed by atoms with E-state index in [1.165, 1.54) is 6.33 Å². The minimum atomic E-state index is -1.13. The lowest BCUT2D eigenvalue weighted by atomic mass is 10.1. The highest BCUT2D eigenvalue weighted by Gasteiger charge is 2.28. The number of H-pyrrole nitrogens is 1. The van der Waals surface area contributed by atoms with Crippen molar-refractivity contribution in [1.82, 2.24) is 9.97 Å². The number of imidazole rings is 1. The Bertz CT molecular complexity index is 692. The number of rotatable bonds is 6. The molecule has 7 heteroatoms. The van der Waals surface area contributed by atoms with Crippen LogP contribution in [0.5, 0.6) is 0 Å². The van der Waals surface area contributed by atoms with Gasteiger partial charge in [0.05, 0.1) is 39.1 Å². The van der Waals surface area contributed by atoms with Gasteiger partial charge in [-0.05, 0) is 11.8 Å². The van der Waals surface area contributed by atoms with E-state index in [0.29, 0.717) is 16.3 Å². The number of benzene rings is 1. The number of aliphatic carboxylic acids is 1. The molecule has 0 spiro atoms. The smallest absolute Gasteiger partial charge is 0.225 e. The number of aromatic amines is 1. The van der Waals surface area contributed by atoms with Gasteiger partial charge in [0.2, 0.25) is 5.12 Å². The lowest BCUT2D eigenvalue weighted by Crippen LogP contribution is -2.56. The second-order valence-electron chi connectivity index (χ2n) is 6.10. The average Bonchev–Trinajstić information content (AvgIpc) is 2.91. The Labute approximate surface area is 139 Å². The molecule has 23 heavy (non-hydrogen) atoms. The van der Waals surface area contributed by atoms with E-state index in [9.17, 15) is 14.7 Å². The van der Waals surface area contributed by atoms with Crippen molar-refractivity contribution in [2.45, 2.75) is 17.5 Å². The molecule has 6 nitrogen and oxygen atoms in total. The summed E-state index contributed by atoms with van der Waals surface area (Å²) in [7, 11) is 5.37. The molecule has 0 saturated carbocycles. The number of nitrogens with one attached hydrogen (secondary N) is 1. The van der Waals surface area contributed by atoms with Crippen molar-refractivity contribution < 1.29 is 19.2 Å². The predicted octanol–water partition coefficient (Wildman–Crippen LogP) is 0.709. The summed E-state index contributed by atoms with van der Waals surface area (Å²) in [6.45, 7) is 0. The van der Waals surface area contributed by atoms with Gasteiger partial charge in [-0.25, -0.2) is 4.98 Å². The number of aromatic nitrogens is 2. The van der Waals surface area contributed by atoms with E-state index in [0.717, 1.165) is 11.8 Å². The summed E-state index contributed by atoms with van der Waals surface area (Å²) in [5.41, 5.74) is 1.20. The molecule has 0 bridgehead atoms. The fraction of sp³-hybridized carbons (Fsp3) is 0.312. The summed E-state index contributed by atoms with van der Waals surface area (Å²) in [6, 6.07) is 8.16. The highest BCUT2D eigenvalue weighted by molar-refractivity contribution is 8.14. The quantitative estimate of drug-likeness (QED) is 0.621. The molecular formula is C16H19N3O3S. The van der Waals surface area contributed by atoms with E-state index >= 15 is 0 Å². The number of carbonyl (C=O) groups excluding carboxylic acids is 2. The number of hydrogen-bond donors (Lipinski definition) is 1. The van der Waals surface area contributed by atoms with Crippen LogP contribution in [0.4, 0.5) is 0 Å². The van der Waals surface area contributed by atoms with Gasteiger partial charge >= 0.3 is 0 Å². The summed E-state index contributed by atoms with van der Waals surface area (Å²) in [6.07, 6.45) is 1.69. The molecular weight excluding hydrogens is 314 g/mol. The number of quaternary nitrogens is 1. The Morgan fingerprint density at radius 2 is 1.91 bits per heavy atom. The molecule has 1 N–H and O–H groups in total. The largest absolute Gasteiger partial charge is 0.544 e. The first kappa shape index (κ1) is 17.2.